The molecule has 0 saturated carbocycles. The first-order valence-corrected chi connectivity index (χ1v) is 7.25. The van der Waals surface area contributed by atoms with Crippen molar-refractivity contribution < 1.29 is 4.92 Å². The number of nitrogens with two attached hydrogens (primary N) is 1. The molecule has 1 unspecified atom stereocenters. The first-order valence-electron chi connectivity index (χ1n) is 7.25. The number of aryl methyl sites for hydroxylation is 1. The minimum atomic E-state index is -0.374. The lowest BCUT2D eigenvalue weighted by Gasteiger charge is -2.33. The van der Waals surface area contributed by atoms with E-state index in [4.69, 9.17) is 5.73 Å². The zero-order valence-corrected chi connectivity index (χ0v) is 12.2. The highest BCUT2D eigenvalue weighted by Gasteiger charge is 2.31. The van der Waals surface area contributed by atoms with Crippen LogP contribution < -0.4 is 10.6 Å². The summed E-state index contributed by atoms with van der Waals surface area (Å²) in [5, 5.41) is 11.2. The molecule has 0 aromatic carbocycles. The predicted octanol–water partition coefficient (Wildman–Crippen LogP) is 1.68. The molecule has 2 N–H and O–H groups in total. The zero-order valence-electron chi connectivity index (χ0n) is 12.2. The van der Waals surface area contributed by atoms with Gasteiger partial charge in [-0.3, -0.25) is 4.57 Å². The molecular weight excluding hydrogens is 258 g/mol. The lowest BCUT2D eigenvalue weighted by atomic mass is 9.95. The molecule has 1 fully saturated rings. The monoisotopic (exact) mass is 281 g/mol. The summed E-state index contributed by atoms with van der Waals surface area (Å²) in [6.07, 6.45) is 3.18. The average Bonchev–Trinajstić information content (AvgIpc) is 2.76. The molecule has 7 nitrogen and oxygen atoms in total. The van der Waals surface area contributed by atoms with Crippen LogP contribution in [0, 0.1) is 23.0 Å². The van der Waals surface area contributed by atoms with Gasteiger partial charge in [-0.1, -0.05) is 0 Å². The van der Waals surface area contributed by atoms with Gasteiger partial charge in [0, 0.05) is 26.6 Å². The Morgan fingerprint density at radius 2 is 2.30 bits per heavy atom. The molecule has 1 aromatic heterocycles. The number of aromatic nitrogens is 2. The first-order chi connectivity index (χ1) is 9.58. The molecule has 1 atom stereocenters. The average molecular weight is 281 g/mol. The quantitative estimate of drug-likeness (QED) is 0.655. The lowest BCUT2D eigenvalue weighted by Crippen LogP contribution is -2.37. The Morgan fingerprint density at radius 3 is 2.90 bits per heavy atom. The van der Waals surface area contributed by atoms with Gasteiger partial charge >= 0.3 is 5.82 Å². The van der Waals surface area contributed by atoms with Crippen molar-refractivity contribution in [2.45, 2.75) is 39.7 Å². The summed E-state index contributed by atoms with van der Waals surface area (Å²) in [6.45, 7) is 6.87. The van der Waals surface area contributed by atoms with Gasteiger partial charge in [0.25, 0.3) is 0 Å². The normalized spacial score (nSPS) is 19.4. The van der Waals surface area contributed by atoms with Gasteiger partial charge in [-0.05, 0) is 48.6 Å². The van der Waals surface area contributed by atoms with E-state index >= 15 is 0 Å². The predicted molar refractivity (Wildman–Crippen MR) is 77.9 cm³/mol. The number of nitrogens with zero attached hydrogens (tertiary/aromatic N) is 4. The molecule has 2 heterocycles. The molecule has 0 spiro atoms. The second-order valence-corrected chi connectivity index (χ2v) is 5.34. The smallest absolute Gasteiger partial charge is 0.358 e. The van der Waals surface area contributed by atoms with Crippen molar-refractivity contribution in [1.82, 2.24) is 9.55 Å². The SMILES string of the molecule is CCn1c(C)nc([N+](=O)[O-])c1N1CCCC(CCN)C1. The maximum atomic E-state index is 11.2. The standard InChI is InChI=1S/C13H23N5O2/c1-3-17-10(2)15-12(18(19)20)13(17)16-8-4-5-11(9-16)6-7-14/h11H,3-9,14H2,1-2H3. The summed E-state index contributed by atoms with van der Waals surface area (Å²) in [6, 6.07) is 0. The number of hydrogen-bond donors (Lipinski definition) is 1. The minimum Gasteiger partial charge on any atom is -0.358 e. The molecule has 1 aromatic rings. The number of nitro groups is 1. The number of hydrogen-bond acceptors (Lipinski definition) is 5. The van der Waals surface area contributed by atoms with E-state index in [0.29, 0.717) is 30.6 Å². The van der Waals surface area contributed by atoms with Gasteiger partial charge in [-0.25, -0.2) is 0 Å². The topological polar surface area (TPSA) is 90.2 Å². The van der Waals surface area contributed by atoms with E-state index in [9.17, 15) is 10.1 Å². The maximum Gasteiger partial charge on any atom is 0.406 e. The Labute approximate surface area is 118 Å². The van der Waals surface area contributed by atoms with Gasteiger partial charge in [0.2, 0.25) is 11.6 Å². The van der Waals surface area contributed by atoms with Crippen LogP contribution >= 0.6 is 0 Å². The molecule has 2 rings (SSSR count). The molecule has 0 amide bonds. The van der Waals surface area contributed by atoms with Crippen molar-refractivity contribution in [2.75, 3.05) is 24.5 Å². The van der Waals surface area contributed by atoms with Crippen molar-refractivity contribution >= 4 is 11.6 Å². The Kier molecular flexibility index (Phi) is 4.59. The maximum absolute atomic E-state index is 11.2. The molecule has 0 radical (unpaired) electrons. The lowest BCUT2D eigenvalue weighted by molar-refractivity contribution is -0.388. The van der Waals surface area contributed by atoms with Crippen LogP contribution in [0.5, 0.6) is 0 Å². The summed E-state index contributed by atoms with van der Waals surface area (Å²) < 4.78 is 1.93. The highest BCUT2D eigenvalue weighted by molar-refractivity contribution is 5.56. The van der Waals surface area contributed by atoms with E-state index in [2.05, 4.69) is 9.88 Å². The summed E-state index contributed by atoms with van der Waals surface area (Å²) in [5.74, 6) is 1.87. The van der Waals surface area contributed by atoms with E-state index < -0.39 is 0 Å². The number of piperidine rings is 1. The molecule has 0 aliphatic carbocycles. The van der Waals surface area contributed by atoms with Crippen LogP contribution in [0.1, 0.15) is 32.0 Å². The molecule has 1 aliphatic heterocycles. The third-order valence-corrected chi connectivity index (χ3v) is 4.00. The molecule has 1 saturated heterocycles. The minimum absolute atomic E-state index is 0.0160. The third-order valence-electron chi connectivity index (χ3n) is 4.00. The van der Waals surface area contributed by atoms with Gasteiger partial charge < -0.3 is 20.7 Å². The van der Waals surface area contributed by atoms with Crippen LogP contribution in [-0.2, 0) is 6.54 Å². The van der Waals surface area contributed by atoms with Gasteiger partial charge in [0.05, 0.1) is 0 Å². The molecule has 0 bridgehead atoms. The van der Waals surface area contributed by atoms with E-state index in [-0.39, 0.29) is 10.7 Å². The van der Waals surface area contributed by atoms with Gasteiger partial charge in [0.15, 0.2) is 0 Å². The second kappa shape index (κ2) is 6.21. The van der Waals surface area contributed by atoms with Crippen molar-refractivity contribution in [3.63, 3.8) is 0 Å². The van der Waals surface area contributed by atoms with Crippen LogP contribution in [0.25, 0.3) is 0 Å². The largest absolute Gasteiger partial charge is 0.406 e. The third kappa shape index (κ3) is 2.77. The molecule has 112 valence electrons. The molecule has 20 heavy (non-hydrogen) atoms. The number of imidazole rings is 1. The first kappa shape index (κ1) is 14.8. The Bertz CT molecular complexity index is 483. The molecule has 1 aliphatic rings. The number of anilines is 1. The van der Waals surface area contributed by atoms with Gasteiger partial charge in [-0.2, -0.15) is 0 Å². The molecular formula is C13H23N5O2. The van der Waals surface area contributed by atoms with Crippen molar-refractivity contribution in [2.24, 2.45) is 11.7 Å². The number of rotatable bonds is 5. The Morgan fingerprint density at radius 1 is 1.55 bits per heavy atom. The van der Waals surface area contributed by atoms with E-state index in [0.717, 1.165) is 32.4 Å². The van der Waals surface area contributed by atoms with Crippen molar-refractivity contribution in [1.29, 1.82) is 0 Å². The van der Waals surface area contributed by atoms with Crippen LogP contribution in [0.3, 0.4) is 0 Å². The fourth-order valence-corrected chi connectivity index (χ4v) is 3.08. The van der Waals surface area contributed by atoms with E-state index in [1.54, 1.807) is 0 Å². The second-order valence-electron chi connectivity index (χ2n) is 5.34. The fourth-order valence-electron chi connectivity index (χ4n) is 3.08. The highest BCUT2D eigenvalue weighted by Crippen LogP contribution is 2.32. The van der Waals surface area contributed by atoms with E-state index in [1.165, 1.54) is 0 Å². The molecule has 7 heteroatoms. The summed E-state index contributed by atoms with van der Waals surface area (Å²) in [5.41, 5.74) is 5.64. The highest BCUT2D eigenvalue weighted by atomic mass is 16.6. The van der Waals surface area contributed by atoms with Gasteiger partial charge in [0.1, 0.15) is 0 Å². The van der Waals surface area contributed by atoms with Crippen LogP contribution in [0.2, 0.25) is 0 Å². The van der Waals surface area contributed by atoms with E-state index in [1.807, 2.05) is 18.4 Å². The summed E-state index contributed by atoms with van der Waals surface area (Å²) in [4.78, 5) is 17.1. The summed E-state index contributed by atoms with van der Waals surface area (Å²) in [7, 11) is 0. The Hall–Kier alpha value is -1.63. The van der Waals surface area contributed by atoms with Crippen molar-refractivity contribution in [3.8, 4) is 0 Å². The van der Waals surface area contributed by atoms with Gasteiger partial charge in [-0.15, -0.1) is 0 Å². The Balaban J connectivity index is 2.32. The summed E-state index contributed by atoms with van der Waals surface area (Å²) >= 11 is 0. The van der Waals surface area contributed by atoms with Crippen molar-refractivity contribution in [3.05, 3.63) is 15.9 Å². The van der Waals surface area contributed by atoms with Crippen LogP contribution in [0.15, 0.2) is 0 Å². The van der Waals surface area contributed by atoms with Crippen LogP contribution in [0.4, 0.5) is 11.6 Å². The van der Waals surface area contributed by atoms with Crippen LogP contribution in [-0.4, -0.2) is 34.1 Å². The zero-order chi connectivity index (χ0) is 14.7. The fraction of sp³-hybridized carbons (Fsp3) is 0.769.